The van der Waals surface area contributed by atoms with Gasteiger partial charge >= 0.3 is 12.1 Å². The van der Waals surface area contributed by atoms with Crippen molar-refractivity contribution in [3.63, 3.8) is 0 Å². The lowest BCUT2D eigenvalue weighted by Crippen LogP contribution is -2.41. The predicted molar refractivity (Wildman–Crippen MR) is 69.5 cm³/mol. The molecule has 5 heteroatoms. The second-order valence-electron chi connectivity index (χ2n) is 6.71. The molecule has 0 bridgehead atoms. The Morgan fingerprint density at radius 2 is 1.67 bits per heavy atom. The van der Waals surface area contributed by atoms with E-state index in [4.69, 9.17) is 9.84 Å². The van der Waals surface area contributed by atoms with E-state index in [0.717, 1.165) is 0 Å². The molecule has 5 nitrogen and oxygen atoms in total. The molecule has 0 aliphatic carbocycles. The maximum absolute atomic E-state index is 11.6. The quantitative estimate of drug-likeness (QED) is 0.814. The van der Waals surface area contributed by atoms with Gasteiger partial charge in [-0.3, -0.25) is 4.79 Å². The molecule has 106 valence electrons. The lowest BCUT2D eigenvalue weighted by Gasteiger charge is -2.27. The minimum Gasteiger partial charge on any atom is -0.481 e. The molecule has 1 atom stereocenters. The number of ether oxygens (including phenoxy) is 1. The van der Waals surface area contributed by atoms with Crippen molar-refractivity contribution in [1.82, 2.24) is 5.32 Å². The third-order valence-electron chi connectivity index (χ3n) is 2.00. The molecule has 1 unspecified atom stereocenters. The van der Waals surface area contributed by atoms with Crippen LogP contribution in [0.3, 0.4) is 0 Å². The number of carboxylic acid groups (broad SMARTS) is 1. The van der Waals surface area contributed by atoms with Crippen molar-refractivity contribution >= 4 is 12.1 Å². The summed E-state index contributed by atoms with van der Waals surface area (Å²) >= 11 is 0. The lowest BCUT2D eigenvalue weighted by molar-refractivity contribution is -0.137. The number of carboxylic acids is 1. The van der Waals surface area contributed by atoms with E-state index in [0.29, 0.717) is 6.42 Å². The summed E-state index contributed by atoms with van der Waals surface area (Å²) in [6.45, 7) is 11.3. The molecular weight excluding hydrogens is 234 g/mol. The first-order valence-corrected chi connectivity index (χ1v) is 6.10. The number of hydrogen-bond acceptors (Lipinski definition) is 3. The molecule has 0 aliphatic heterocycles. The first-order valence-electron chi connectivity index (χ1n) is 6.10. The fraction of sp³-hybridized carbons (Fsp3) is 0.846. The van der Waals surface area contributed by atoms with Gasteiger partial charge in [-0.15, -0.1) is 0 Å². The van der Waals surface area contributed by atoms with Crippen molar-refractivity contribution in [2.45, 2.75) is 66.0 Å². The summed E-state index contributed by atoms with van der Waals surface area (Å²) in [7, 11) is 0. The van der Waals surface area contributed by atoms with Gasteiger partial charge in [-0.1, -0.05) is 20.8 Å². The highest BCUT2D eigenvalue weighted by Gasteiger charge is 2.25. The number of amides is 1. The van der Waals surface area contributed by atoms with Gasteiger partial charge < -0.3 is 15.2 Å². The van der Waals surface area contributed by atoms with E-state index in [-0.39, 0.29) is 11.8 Å². The van der Waals surface area contributed by atoms with E-state index in [1.807, 2.05) is 20.8 Å². The fourth-order valence-electron chi connectivity index (χ4n) is 1.60. The fourth-order valence-corrected chi connectivity index (χ4v) is 1.60. The first-order chi connectivity index (χ1) is 7.89. The van der Waals surface area contributed by atoms with Gasteiger partial charge in [-0.05, 0) is 32.6 Å². The SMILES string of the molecule is CC(C)(C)CC(CC(=O)O)NC(=O)OC(C)(C)C. The van der Waals surface area contributed by atoms with Crippen molar-refractivity contribution in [2.75, 3.05) is 0 Å². The molecule has 0 aliphatic rings. The Balaban J connectivity index is 4.50. The van der Waals surface area contributed by atoms with Crippen molar-refractivity contribution in [3.8, 4) is 0 Å². The van der Waals surface area contributed by atoms with E-state index < -0.39 is 23.7 Å². The summed E-state index contributed by atoms with van der Waals surface area (Å²) in [5.41, 5.74) is -0.644. The number of hydrogen-bond donors (Lipinski definition) is 2. The molecule has 0 aromatic heterocycles. The molecule has 1 amide bonds. The van der Waals surface area contributed by atoms with E-state index >= 15 is 0 Å². The van der Waals surface area contributed by atoms with Crippen molar-refractivity contribution in [1.29, 1.82) is 0 Å². The van der Waals surface area contributed by atoms with Gasteiger partial charge in [0.05, 0.1) is 6.42 Å². The molecule has 0 fully saturated rings. The maximum Gasteiger partial charge on any atom is 0.407 e. The van der Waals surface area contributed by atoms with Crippen LogP contribution in [-0.2, 0) is 9.53 Å². The number of alkyl carbamates (subject to hydrolysis) is 1. The van der Waals surface area contributed by atoms with Crippen LogP contribution in [0, 0.1) is 5.41 Å². The zero-order chi connectivity index (χ0) is 14.6. The van der Waals surface area contributed by atoms with Crippen LogP contribution in [0.1, 0.15) is 54.4 Å². The summed E-state index contributed by atoms with van der Waals surface area (Å²) in [5.74, 6) is -0.930. The molecule has 0 heterocycles. The third-order valence-corrected chi connectivity index (χ3v) is 2.00. The van der Waals surface area contributed by atoms with Gasteiger partial charge in [0.15, 0.2) is 0 Å². The second-order valence-corrected chi connectivity index (χ2v) is 6.71. The van der Waals surface area contributed by atoms with Gasteiger partial charge in [0.2, 0.25) is 0 Å². The molecule has 0 saturated heterocycles. The van der Waals surface area contributed by atoms with E-state index in [9.17, 15) is 9.59 Å². The number of carbonyl (C=O) groups is 2. The molecule has 0 aromatic rings. The van der Waals surface area contributed by atoms with Crippen molar-refractivity contribution < 1.29 is 19.4 Å². The first kappa shape index (κ1) is 16.7. The van der Waals surface area contributed by atoms with Gasteiger partial charge in [0.1, 0.15) is 5.60 Å². The average molecular weight is 259 g/mol. The molecule has 2 N–H and O–H groups in total. The highest BCUT2D eigenvalue weighted by Crippen LogP contribution is 2.22. The monoisotopic (exact) mass is 259 g/mol. The van der Waals surface area contributed by atoms with Gasteiger partial charge in [0.25, 0.3) is 0 Å². The standard InChI is InChI=1S/C13H25NO4/c1-12(2,3)8-9(7-10(15)16)14-11(17)18-13(4,5)6/h9H,7-8H2,1-6H3,(H,14,17)(H,15,16). The van der Waals surface area contributed by atoms with Crippen LogP contribution in [0.15, 0.2) is 0 Å². The molecule has 18 heavy (non-hydrogen) atoms. The predicted octanol–water partition coefficient (Wildman–Crippen LogP) is 2.79. The summed E-state index contributed by atoms with van der Waals surface area (Å²) in [6, 6.07) is -0.419. The minimum absolute atomic E-state index is 0.0604. The zero-order valence-corrected chi connectivity index (χ0v) is 12.2. The molecule has 0 spiro atoms. The number of carbonyl (C=O) groups excluding carboxylic acids is 1. The Kier molecular flexibility index (Phi) is 5.64. The number of rotatable bonds is 4. The van der Waals surface area contributed by atoms with Crippen LogP contribution in [0.25, 0.3) is 0 Å². The maximum atomic E-state index is 11.6. The third kappa shape index (κ3) is 9.93. The van der Waals surface area contributed by atoms with Crippen molar-refractivity contribution in [2.24, 2.45) is 5.41 Å². The topological polar surface area (TPSA) is 75.6 Å². The largest absolute Gasteiger partial charge is 0.481 e. The van der Waals surface area contributed by atoms with Gasteiger partial charge in [0, 0.05) is 6.04 Å². The van der Waals surface area contributed by atoms with E-state index in [2.05, 4.69) is 5.32 Å². The normalized spacial score (nSPS) is 13.9. The van der Waals surface area contributed by atoms with Crippen LogP contribution in [0.5, 0.6) is 0 Å². The highest BCUT2D eigenvalue weighted by molar-refractivity contribution is 5.71. The molecule has 0 aromatic carbocycles. The molecule has 0 rings (SSSR count). The summed E-state index contributed by atoms with van der Waals surface area (Å²) in [4.78, 5) is 22.4. The highest BCUT2D eigenvalue weighted by atomic mass is 16.6. The smallest absolute Gasteiger partial charge is 0.407 e. The van der Waals surface area contributed by atoms with Crippen LogP contribution >= 0.6 is 0 Å². The Morgan fingerprint density at radius 3 is 2.00 bits per heavy atom. The lowest BCUT2D eigenvalue weighted by atomic mass is 9.87. The van der Waals surface area contributed by atoms with Crippen LogP contribution < -0.4 is 5.32 Å². The summed E-state index contributed by atoms with van der Waals surface area (Å²) in [6.07, 6.45) is -0.0901. The second kappa shape index (κ2) is 6.07. The average Bonchev–Trinajstić information content (AvgIpc) is 1.92. The summed E-state index contributed by atoms with van der Waals surface area (Å²) < 4.78 is 5.12. The number of aliphatic carboxylic acids is 1. The van der Waals surface area contributed by atoms with Crippen LogP contribution in [0.2, 0.25) is 0 Å². The molecule has 0 saturated carbocycles. The Labute approximate surface area is 109 Å². The van der Waals surface area contributed by atoms with Gasteiger partial charge in [-0.25, -0.2) is 4.79 Å². The van der Waals surface area contributed by atoms with Gasteiger partial charge in [-0.2, -0.15) is 0 Å². The van der Waals surface area contributed by atoms with E-state index in [1.165, 1.54) is 0 Å². The van der Waals surface area contributed by atoms with Crippen LogP contribution in [0.4, 0.5) is 4.79 Å². The summed E-state index contributed by atoms with van der Waals surface area (Å²) in [5, 5.41) is 11.5. The Morgan fingerprint density at radius 1 is 1.17 bits per heavy atom. The Hall–Kier alpha value is -1.26. The number of nitrogens with one attached hydrogen (secondary N) is 1. The van der Waals surface area contributed by atoms with E-state index in [1.54, 1.807) is 20.8 Å². The minimum atomic E-state index is -0.930. The molecule has 0 radical (unpaired) electrons. The zero-order valence-electron chi connectivity index (χ0n) is 12.2. The Bertz CT molecular complexity index is 299. The molecular formula is C13H25NO4. The van der Waals surface area contributed by atoms with Crippen molar-refractivity contribution in [3.05, 3.63) is 0 Å². The van der Waals surface area contributed by atoms with Crippen LogP contribution in [-0.4, -0.2) is 28.8 Å².